The van der Waals surface area contributed by atoms with Crippen LogP contribution in [0.3, 0.4) is 0 Å². The topological polar surface area (TPSA) is 38.4 Å². The Morgan fingerprint density at radius 1 is 1.33 bits per heavy atom. The zero-order chi connectivity index (χ0) is 13.5. The molecule has 1 aromatic rings. The first-order valence-corrected chi connectivity index (χ1v) is 5.91. The molecule has 2 nitrogen and oxygen atoms in total. The molecule has 0 bridgehead atoms. The Morgan fingerprint density at radius 3 is 2.50 bits per heavy atom. The van der Waals surface area contributed by atoms with Crippen molar-refractivity contribution >= 4 is 18.4 Å². The van der Waals surface area contributed by atoms with Crippen LogP contribution in [0.4, 0.5) is 0 Å². The van der Waals surface area contributed by atoms with E-state index in [1.54, 1.807) is 13.3 Å². The molecule has 0 aliphatic carbocycles. The molecule has 18 heavy (non-hydrogen) atoms. The molecule has 94 valence electrons. The number of aliphatic imine (C=N–C) groups is 1. The molecule has 0 spiro atoms. The van der Waals surface area contributed by atoms with E-state index < -0.39 is 0 Å². The van der Waals surface area contributed by atoms with Crippen molar-refractivity contribution < 1.29 is 0 Å². The SMILES string of the molecule is C=c1cccc/c1=C(/C=C\C)C(\C=NC)=C(/C)N. The van der Waals surface area contributed by atoms with Gasteiger partial charge in [0.1, 0.15) is 0 Å². The highest BCUT2D eigenvalue weighted by Gasteiger charge is 2.03. The van der Waals surface area contributed by atoms with Gasteiger partial charge >= 0.3 is 0 Å². The number of hydrogen-bond acceptors (Lipinski definition) is 2. The zero-order valence-corrected chi connectivity index (χ0v) is 11.3. The van der Waals surface area contributed by atoms with Crippen LogP contribution in [0.5, 0.6) is 0 Å². The van der Waals surface area contributed by atoms with Crippen molar-refractivity contribution in [3.63, 3.8) is 0 Å². The van der Waals surface area contributed by atoms with Crippen LogP contribution in [0.25, 0.3) is 12.2 Å². The minimum Gasteiger partial charge on any atom is -0.402 e. The quantitative estimate of drug-likeness (QED) is 0.803. The fourth-order valence-corrected chi connectivity index (χ4v) is 1.79. The Kier molecular flexibility index (Phi) is 5.12. The summed E-state index contributed by atoms with van der Waals surface area (Å²) in [4.78, 5) is 4.08. The summed E-state index contributed by atoms with van der Waals surface area (Å²) in [6.07, 6.45) is 5.82. The number of benzene rings is 1. The second kappa shape index (κ2) is 6.60. The summed E-state index contributed by atoms with van der Waals surface area (Å²) in [5.74, 6) is 0. The molecule has 1 aromatic carbocycles. The van der Waals surface area contributed by atoms with Crippen LogP contribution in [0.1, 0.15) is 13.8 Å². The molecule has 0 saturated heterocycles. The van der Waals surface area contributed by atoms with Crippen molar-refractivity contribution in [2.75, 3.05) is 7.05 Å². The molecule has 0 aliphatic heterocycles. The second-order valence-electron chi connectivity index (χ2n) is 4.05. The minimum atomic E-state index is 0.747. The van der Waals surface area contributed by atoms with Gasteiger partial charge in [0.2, 0.25) is 0 Å². The van der Waals surface area contributed by atoms with Crippen LogP contribution in [0.2, 0.25) is 0 Å². The van der Waals surface area contributed by atoms with Crippen LogP contribution in [0.15, 0.2) is 52.7 Å². The van der Waals surface area contributed by atoms with E-state index in [0.29, 0.717) is 0 Å². The van der Waals surface area contributed by atoms with E-state index in [-0.39, 0.29) is 0 Å². The van der Waals surface area contributed by atoms with E-state index in [9.17, 15) is 0 Å². The molecule has 0 amide bonds. The zero-order valence-electron chi connectivity index (χ0n) is 11.3. The maximum absolute atomic E-state index is 5.95. The van der Waals surface area contributed by atoms with Gasteiger partial charge in [0.25, 0.3) is 0 Å². The molecule has 0 heterocycles. The average Bonchev–Trinajstić information content (AvgIpc) is 2.34. The summed E-state index contributed by atoms with van der Waals surface area (Å²) in [6.45, 7) is 7.93. The normalized spacial score (nSPS) is 15.1. The molecule has 0 aliphatic rings. The van der Waals surface area contributed by atoms with Crippen molar-refractivity contribution in [2.45, 2.75) is 13.8 Å². The first kappa shape index (κ1) is 14.0. The fourth-order valence-electron chi connectivity index (χ4n) is 1.79. The largest absolute Gasteiger partial charge is 0.402 e. The first-order valence-electron chi connectivity index (χ1n) is 5.91. The van der Waals surface area contributed by atoms with Gasteiger partial charge in [-0.2, -0.15) is 0 Å². The second-order valence-corrected chi connectivity index (χ2v) is 4.05. The maximum atomic E-state index is 5.95. The molecule has 0 atom stereocenters. The van der Waals surface area contributed by atoms with E-state index in [0.717, 1.165) is 27.3 Å². The predicted octanol–water partition coefficient (Wildman–Crippen LogP) is 1.76. The van der Waals surface area contributed by atoms with Gasteiger partial charge in [0.05, 0.1) is 0 Å². The minimum absolute atomic E-state index is 0.747. The fraction of sp³-hybridized carbons (Fsp3) is 0.188. The average molecular weight is 240 g/mol. The Balaban J connectivity index is 3.75. The molecule has 2 heteroatoms. The lowest BCUT2D eigenvalue weighted by Crippen LogP contribution is -2.26. The Bertz CT molecular complexity index is 600. The van der Waals surface area contributed by atoms with Crippen LogP contribution in [-0.4, -0.2) is 13.3 Å². The highest BCUT2D eigenvalue weighted by atomic mass is 14.7. The summed E-state index contributed by atoms with van der Waals surface area (Å²) in [7, 11) is 1.74. The van der Waals surface area contributed by atoms with E-state index >= 15 is 0 Å². The number of rotatable bonds is 3. The lowest BCUT2D eigenvalue weighted by atomic mass is 10.0. The van der Waals surface area contributed by atoms with Crippen molar-refractivity contribution in [1.29, 1.82) is 0 Å². The Hall–Kier alpha value is -2.09. The van der Waals surface area contributed by atoms with Crippen molar-refractivity contribution in [3.05, 3.63) is 58.1 Å². The summed E-state index contributed by atoms with van der Waals surface area (Å²) < 4.78 is 0. The molecular formula is C16H20N2. The monoisotopic (exact) mass is 240 g/mol. The van der Waals surface area contributed by atoms with Gasteiger partial charge < -0.3 is 5.73 Å². The molecule has 0 radical (unpaired) electrons. The smallest absolute Gasteiger partial charge is 0.0304 e. The summed E-state index contributed by atoms with van der Waals surface area (Å²) >= 11 is 0. The Morgan fingerprint density at radius 2 is 2.00 bits per heavy atom. The van der Waals surface area contributed by atoms with Gasteiger partial charge in [-0.15, -0.1) is 0 Å². The van der Waals surface area contributed by atoms with Crippen LogP contribution >= 0.6 is 0 Å². The first-order chi connectivity index (χ1) is 8.61. The van der Waals surface area contributed by atoms with Crippen LogP contribution in [-0.2, 0) is 0 Å². The third-order valence-electron chi connectivity index (χ3n) is 2.61. The van der Waals surface area contributed by atoms with Gasteiger partial charge in [0.15, 0.2) is 0 Å². The predicted molar refractivity (Wildman–Crippen MR) is 80.7 cm³/mol. The number of nitrogens with two attached hydrogens (primary N) is 1. The van der Waals surface area contributed by atoms with E-state index in [4.69, 9.17) is 5.73 Å². The Labute approximate surface area is 109 Å². The van der Waals surface area contributed by atoms with Gasteiger partial charge in [-0.3, -0.25) is 4.99 Å². The highest BCUT2D eigenvalue weighted by molar-refractivity contribution is 5.99. The molecular weight excluding hydrogens is 220 g/mol. The molecule has 1 rings (SSSR count). The maximum Gasteiger partial charge on any atom is 0.0304 e. The third kappa shape index (κ3) is 3.20. The summed E-state index contributed by atoms with van der Waals surface area (Å²) in [5.41, 5.74) is 8.69. The van der Waals surface area contributed by atoms with Gasteiger partial charge in [-0.25, -0.2) is 0 Å². The molecule has 0 aromatic heterocycles. The molecule has 2 N–H and O–H groups in total. The standard InChI is InChI=1S/C16H20N2/c1-5-8-15(16(11-18-4)13(3)17)14-10-7-6-9-12(14)2/h5-11H,2,17H2,1,3-4H3/b8-5-,15-14+,16-13+,18-11?. The van der Waals surface area contributed by atoms with E-state index in [1.165, 1.54) is 0 Å². The van der Waals surface area contributed by atoms with Gasteiger partial charge in [0, 0.05) is 24.5 Å². The van der Waals surface area contributed by atoms with Crippen LogP contribution < -0.4 is 16.2 Å². The highest BCUT2D eigenvalue weighted by Crippen LogP contribution is 2.11. The number of allylic oxidation sites excluding steroid dienone is 4. The third-order valence-corrected chi connectivity index (χ3v) is 2.61. The van der Waals surface area contributed by atoms with Gasteiger partial charge in [-0.1, -0.05) is 43.0 Å². The van der Waals surface area contributed by atoms with E-state index in [1.807, 2.05) is 50.3 Å². The summed E-state index contributed by atoms with van der Waals surface area (Å²) in [5, 5.41) is 2.06. The van der Waals surface area contributed by atoms with Crippen molar-refractivity contribution in [3.8, 4) is 0 Å². The summed E-state index contributed by atoms with van der Waals surface area (Å²) in [6, 6.07) is 8.02. The lowest BCUT2D eigenvalue weighted by Gasteiger charge is -2.06. The lowest BCUT2D eigenvalue weighted by molar-refractivity contribution is 1.29. The van der Waals surface area contributed by atoms with Crippen molar-refractivity contribution in [2.24, 2.45) is 10.7 Å². The van der Waals surface area contributed by atoms with E-state index in [2.05, 4.69) is 11.6 Å². The molecule has 0 unspecified atom stereocenters. The van der Waals surface area contributed by atoms with Crippen LogP contribution in [0, 0.1) is 0 Å². The van der Waals surface area contributed by atoms with Gasteiger partial charge in [-0.05, 0) is 29.9 Å². The number of hydrogen-bond donors (Lipinski definition) is 1. The number of nitrogens with zero attached hydrogens (tertiary/aromatic N) is 1. The molecule has 0 fully saturated rings. The van der Waals surface area contributed by atoms with Crippen molar-refractivity contribution in [1.82, 2.24) is 0 Å². The molecule has 0 saturated carbocycles.